The number of hydrogen-bond donors (Lipinski definition) is 1. The molecule has 10 nitrogen and oxygen atoms in total. The van der Waals surface area contributed by atoms with E-state index in [2.05, 4.69) is 25.8 Å². The molecule has 1 aliphatic heterocycles. The summed E-state index contributed by atoms with van der Waals surface area (Å²) in [4.78, 5) is 27.8. The topological polar surface area (TPSA) is 111 Å². The standard InChI is InChI=1S/C16H22N8O2/c1-2-23-4-3-14(20-23)16(26)19-13-5-11-7-22(8-12(11)6-13)15(25)9-24-18-10-17-21-24/h3-4,10-13H,2,5-9H2,1H3,(H,19,26). The van der Waals surface area contributed by atoms with Gasteiger partial charge in [-0.25, -0.2) is 0 Å². The first-order chi connectivity index (χ1) is 12.6. The van der Waals surface area contributed by atoms with E-state index in [4.69, 9.17) is 0 Å². The molecule has 0 radical (unpaired) electrons. The number of carbonyl (C=O) groups excluding carboxylic acids is 2. The predicted molar refractivity (Wildman–Crippen MR) is 89.8 cm³/mol. The molecule has 0 spiro atoms. The summed E-state index contributed by atoms with van der Waals surface area (Å²) >= 11 is 0. The van der Waals surface area contributed by atoms with Crippen molar-refractivity contribution >= 4 is 11.8 Å². The number of fused-ring (bicyclic) bond motifs is 1. The van der Waals surface area contributed by atoms with E-state index in [0.29, 0.717) is 17.5 Å². The second-order valence-electron chi connectivity index (χ2n) is 6.98. The van der Waals surface area contributed by atoms with E-state index >= 15 is 0 Å². The third kappa shape index (κ3) is 3.31. The second kappa shape index (κ2) is 6.85. The van der Waals surface area contributed by atoms with Gasteiger partial charge in [0.25, 0.3) is 5.91 Å². The van der Waals surface area contributed by atoms with Crippen molar-refractivity contribution in [3.63, 3.8) is 0 Å². The monoisotopic (exact) mass is 358 g/mol. The van der Waals surface area contributed by atoms with Crippen LogP contribution in [0.25, 0.3) is 0 Å². The van der Waals surface area contributed by atoms with Crippen molar-refractivity contribution in [1.29, 1.82) is 0 Å². The van der Waals surface area contributed by atoms with Crippen molar-refractivity contribution in [1.82, 2.24) is 40.2 Å². The summed E-state index contributed by atoms with van der Waals surface area (Å²) in [7, 11) is 0. The molecule has 26 heavy (non-hydrogen) atoms. The molecule has 2 fully saturated rings. The SMILES string of the molecule is CCn1ccc(C(=O)NC2CC3CN(C(=O)Cn4ncnn4)CC3C2)n1. The van der Waals surface area contributed by atoms with Crippen LogP contribution in [0, 0.1) is 11.8 Å². The summed E-state index contributed by atoms with van der Waals surface area (Å²) in [5.74, 6) is 0.762. The molecule has 10 heteroatoms. The van der Waals surface area contributed by atoms with Crippen LogP contribution in [-0.2, 0) is 17.9 Å². The van der Waals surface area contributed by atoms with Gasteiger partial charge in [0.05, 0.1) is 0 Å². The number of nitrogens with zero attached hydrogens (tertiary/aromatic N) is 7. The van der Waals surface area contributed by atoms with Gasteiger partial charge in [0.15, 0.2) is 6.33 Å². The Morgan fingerprint density at radius 2 is 2.04 bits per heavy atom. The lowest BCUT2D eigenvalue weighted by Crippen LogP contribution is -2.37. The molecule has 0 bridgehead atoms. The highest BCUT2D eigenvalue weighted by Gasteiger charge is 2.42. The molecular formula is C16H22N8O2. The Balaban J connectivity index is 1.28. The molecule has 2 unspecified atom stereocenters. The molecule has 2 aromatic rings. The third-order valence-electron chi connectivity index (χ3n) is 5.30. The highest BCUT2D eigenvalue weighted by molar-refractivity contribution is 5.92. The predicted octanol–water partition coefficient (Wildman–Crippen LogP) is -0.443. The van der Waals surface area contributed by atoms with Crippen molar-refractivity contribution < 1.29 is 9.59 Å². The third-order valence-corrected chi connectivity index (χ3v) is 5.30. The van der Waals surface area contributed by atoms with Crippen LogP contribution in [0.2, 0.25) is 0 Å². The van der Waals surface area contributed by atoms with E-state index in [0.717, 1.165) is 32.5 Å². The molecule has 1 aliphatic carbocycles. The lowest BCUT2D eigenvalue weighted by molar-refractivity contribution is -0.131. The van der Waals surface area contributed by atoms with Gasteiger partial charge in [0.1, 0.15) is 12.2 Å². The Bertz CT molecular complexity index is 772. The summed E-state index contributed by atoms with van der Waals surface area (Å²) < 4.78 is 1.74. The lowest BCUT2D eigenvalue weighted by Gasteiger charge is -2.19. The molecule has 4 rings (SSSR count). The largest absolute Gasteiger partial charge is 0.348 e. The summed E-state index contributed by atoms with van der Waals surface area (Å²) in [5, 5.41) is 18.6. The second-order valence-corrected chi connectivity index (χ2v) is 6.98. The molecule has 3 heterocycles. The van der Waals surface area contributed by atoms with Crippen LogP contribution in [-0.4, -0.2) is 65.8 Å². The number of likely N-dealkylation sites (tertiary alicyclic amines) is 1. The van der Waals surface area contributed by atoms with Gasteiger partial charge in [-0.3, -0.25) is 14.3 Å². The van der Waals surface area contributed by atoms with Crippen LogP contribution in [0.15, 0.2) is 18.6 Å². The Hall–Kier alpha value is -2.78. The number of tetrazole rings is 1. The minimum absolute atomic E-state index is 0.0168. The molecule has 2 aromatic heterocycles. The van der Waals surface area contributed by atoms with Gasteiger partial charge < -0.3 is 10.2 Å². The normalized spacial score (nSPS) is 24.7. The maximum absolute atomic E-state index is 12.3. The van der Waals surface area contributed by atoms with E-state index < -0.39 is 0 Å². The van der Waals surface area contributed by atoms with Gasteiger partial charge in [0, 0.05) is 31.9 Å². The van der Waals surface area contributed by atoms with Gasteiger partial charge in [-0.2, -0.15) is 9.90 Å². The maximum atomic E-state index is 12.3. The van der Waals surface area contributed by atoms with E-state index in [1.807, 2.05) is 18.0 Å². The van der Waals surface area contributed by atoms with Crippen LogP contribution in [0.1, 0.15) is 30.3 Å². The average molecular weight is 358 g/mol. The molecule has 0 aromatic carbocycles. The van der Waals surface area contributed by atoms with Crippen molar-refractivity contribution in [3.05, 3.63) is 24.3 Å². The van der Waals surface area contributed by atoms with Crippen LogP contribution in [0.4, 0.5) is 0 Å². The summed E-state index contributed by atoms with van der Waals surface area (Å²) in [6.45, 7) is 4.32. The first-order valence-corrected chi connectivity index (χ1v) is 8.95. The number of aromatic nitrogens is 6. The number of hydrogen-bond acceptors (Lipinski definition) is 6. The van der Waals surface area contributed by atoms with Crippen LogP contribution >= 0.6 is 0 Å². The van der Waals surface area contributed by atoms with Crippen molar-refractivity contribution in [2.45, 2.75) is 38.9 Å². The minimum Gasteiger partial charge on any atom is -0.348 e. The van der Waals surface area contributed by atoms with Crippen LogP contribution < -0.4 is 5.32 Å². The van der Waals surface area contributed by atoms with Crippen molar-refractivity contribution in [2.24, 2.45) is 11.8 Å². The smallest absolute Gasteiger partial charge is 0.271 e. The van der Waals surface area contributed by atoms with Gasteiger partial charge in [0.2, 0.25) is 5.91 Å². The van der Waals surface area contributed by atoms with E-state index in [1.54, 1.807) is 10.7 Å². The minimum atomic E-state index is -0.118. The highest BCUT2D eigenvalue weighted by Crippen LogP contribution is 2.38. The van der Waals surface area contributed by atoms with Gasteiger partial charge in [-0.15, -0.1) is 10.2 Å². The van der Waals surface area contributed by atoms with E-state index in [9.17, 15) is 9.59 Å². The fraction of sp³-hybridized carbons (Fsp3) is 0.625. The zero-order chi connectivity index (χ0) is 18.1. The first kappa shape index (κ1) is 16.7. The summed E-state index contributed by atoms with van der Waals surface area (Å²) in [6, 6.07) is 1.89. The number of carbonyl (C=O) groups is 2. The average Bonchev–Trinajstić information content (AvgIpc) is 3.38. The summed E-state index contributed by atoms with van der Waals surface area (Å²) in [5.41, 5.74) is 0.459. The van der Waals surface area contributed by atoms with E-state index in [-0.39, 0.29) is 24.4 Å². The fourth-order valence-electron chi connectivity index (χ4n) is 4.02. The number of amides is 2. The van der Waals surface area contributed by atoms with Crippen LogP contribution in [0.3, 0.4) is 0 Å². The lowest BCUT2D eigenvalue weighted by atomic mass is 10.0. The molecule has 2 amide bonds. The molecular weight excluding hydrogens is 336 g/mol. The zero-order valence-corrected chi connectivity index (χ0v) is 14.7. The molecule has 1 N–H and O–H groups in total. The number of rotatable bonds is 5. The molecule has 1 saturated carbocycles. The zero-order valence-electron chi connectivity index (χ0n) is 14.7. The fourth-order valence-corrected chi connectivity index (χ4v) is 4.02. The molecule has 1 saturated heterocycles. The first-order valence-electron chi connectivity index (χ1n) is 8.95. The van der Waals surface area contributed by atoms with E-state index in [1.165, 1.54) is 11.1 Å². The Labute approximate surface area is 150 Å². The summed E-state index contributed by atoms with van der Waals surface area (Å²) in [6.07, 6.45) is 4.93. The van der Waals surface area contributed by atoms with Gasteiger partial charge in [-0.05, 0) is 42.9 Å². The molecule has 138 valence electrons. The number of nitrogens with one attached hydrogen (secondary N) is 1. The Kier molecular flexibility index (Phi) is 4.39. The van der Waals surface area contributed by atoms with Gasteiger partial charge in [-0.1, -0.05) is 0 Å². The van der Waals surface area contributed by atoms with Crippen molar-refractivity contribution in [3.8, 4) is 0 Å². The molecule has 2 atom stereocenters. The highest BCUT2D eigenvalue weighted by atomic mass is 16.2. The quantitative estimate of drug-likeness (QED) is 0.775. The van der Waals surface area contributed by atoms with Crippen molar-refractivity contribution in [2.75, 3.05) is 13.1 Å². The Morgan fingerprint density at radius 3 is 2.65 bits per heavy atom. The molecule has 2 aliphatic rings. The Morgan fingerprint density at radius 1 is 1.27 bits per heavy atom. The maximum Gasteiger partial charge on any atom is 0.271 e. The number of aryl methyl sites for hydroxylation is 1. The van der Waals surface area contributed by atoms with Crippen LogP contribution in [0.5, 0.6) is 0 Å². The van der Waals surface area contributed by atoms with Gasteiger partial charge >= 0.3 is 0 Å².